The van der Waals surface area contributed by atoms with Gasteiger partial charge in [0.1, 0.15) is 0 Å². The van der Waals surface area contributed by atoms with Gasteiger partial charge in [-0.3, -0.25) is 4.79 Å². The van der Waals surface area contributed by atoms with E-state index >= 15 is 0 Å². The lowest BCUT2D eigenvalue weighted by Crippen LogP contribution is -2.26. The Morgan fingerprint density at radius 3 is 2.56 bits per heavy atom. The van der Waals surface area contributed by atoms with E-state index in [-0.39, 0.29) is 0 Å². The normalized spacial score (nSPS) is 16.9. The van der Waals surface area contributed by atoms with E-state index in [0.29, 0.717) is 11.7 Å². The number of nitrogens with two attached hydrogens (primary N) is 1. The first kappa shape index (κ1) is 6.13. The Bertz CT molecular complexity index is 149. The van der Waals surface area contributed by atoms with E-state index in [1.54, 1.807) is 0 Å². The lowest BCUT2D eigenvalue weighted by atomic mass is 10.4. The van der Waals surface area contributed by atoms with Gasteiger partial charge in [-0.25, -0.2) is 0 Å². The molecular formula is C6H10N2O. The van der Waals surface area contributed by atoms with Crippen molar-refractivity contribution in [2.24, 2.45) is 5.73 Å². The number of hydrogen-bond acceptors (Lipinski definition) is 2. The van der Waals surface area contributed by atoms with Crippen LogP contribution in [0.2, 0.25) is 0 Å². The van der Waals surface area contributed by atoms with Crippen LogP contribution in [-0.2, 0) is 4.79 Å². The van der Waals surface area contributed by atoms with Gasteiger partial charge in [-0.1, -0.05) is 6.58 Å². The zero-order valence-corrected chi connectivity index (χ0v) is 5.18. The van der Waals surface area contributed by atoms with Crippen molar-refractivity contribution in [3.63, 3.8) is 0 Å². The van der Waals surface area contributed by atoms with Gasteiger partial charge in [0.05, 0.1) is 5.70 Å². The summed E-state index contributed by atoms with van der Waals surface area (Å²) in [6, 6.07) is 0.463. The molecule has 0 spiro atoms. The Balaban J connectivity index is 2.25. The second kappa shape index (κ2) is 2.09. The number of rotatable bonds is 3. The highest BCUT2D eigenvalue weighted by atomic mass is 16.1. The number of carbonyl (C=O) groups is 1. The molecule has 0 radical (unpaired) electrons. The van der Waals surface area contributed by atoms with E-state index < -0.39 is 5.91 Å². The summed E-state index contributed by atoms with van der Waals surface area (Å²) >= 11 is 0. The van der Waals surface area contributed by atoms with Crippen molar-refractivity contribution in [3.05, 3.63) is 12.3 Å². The third kappa shape index (κ3) is 1.76. The Hall–Kier alpha value is -0.990. The molecule has 9 heavy (non-hydrogen) atoms. The van der Waals surface area contributed by atoms with Gasteiger partial charge in [-0.05, 0) is 12.8 Å². The summed E-state index contributed by atoms with van der Waals surface area (Å²) in [5.74, 6) is -0.457. The Morgan fingerprint density at radius 2 is 2.22 bits per heavy atom. The second-order valence-electron chi connectivity index (χ2n) is 2.26. The van der Waals surface area contributed by atoms with Crippen LogP contribution >= 0.6 is 0 Å². The molecule has 1 saturated carbocycles. The van der Waals surface area contributed by atoms with E-state index in [0.717, 1.165) is 12.8 Å². The maximum atomic E-state index is 10.3. The van der Waals surface area contributed by atoms with Crippen molar-refractivity contribution in [2.45, 2.75) is 18.9 Å². The molecule has 0 unspecified atom stereocenters. The number of carbonyl (C=O) groups excluding carboxylic acids is 1. The van der Waals surface area contributed by atoms with E-state index in [1.807, 2.05) is 0 Å². The van der Waals surface area contributed by atoms with Crippen molar-refractivity contribution in [3.8, 4) is 0 Å². The number of amides is 1. The lowest BCUT2D eigenvalue weighted by Gasteiger charge is -2.01. The van der Waals surface area contributed by atoms with Crippen molar-refractivity contribution in [2.75, 3.05) is 0 Å². The molecule has 0 bridgehead atoms. The Labute approximate surface area is 53.9 Å². The van der Waals surface area contributed by atoms with Gasteiger partial charge in [-0.2, -0.15) is 0 Å². The molecule has 0 heterocycles. The van der Waals surface area contributed by atoms with Gasteiger partial charge >= 0.3 is 0 Å². The molecule has 1 rings (SSSR count). The molecule has 0 aromatic rings. The van der Waals surface area contributed by atoms with Crippen LogP contribution in [0.3, 0.4) is 0 Å². The molecule has 50 valence electrons. The first-order valence-electron chi connectivity index (χ1n) is 2.95. The molecule has 0 saturated heterocycles. The predicted octanol–water partition coefficient (Wildman–Crippen LogP) is -0.263. The number of nitrogens with one attached hydrogen (secondary N) is 1. The van der Waals surface area contributed by atoms with Crippen LogP contribution in [0.1, 0.15) is 12.8 Å². The summed E-state index contributed by atoms with van der Waals surface area (Å²) in [5.41, 5.74) is 5.24. The maximum Gasteiger partial charge on any atom is 0.264 e. The summed E-state index contributed by atoms with van der Waals surface area (Å²) < 4.78 is 0. The number of primary amides is 1. The predicted molar refractivity (Wildman–Crippen MR) is 34.5 cm³/mol. The lowest BCUT2D eigenvalue weighted by molar-refractivity contribution is -0.114. The molecule has 1 amide bonds. The minimum Gasteiger partial charge on any atom is -0.378 e. The molecule has 0 aliphatic heterocycles. The highest BCUT2D eigenvalue weighted by Gasteiger charge is 2.22. The van der Waals surface area contributed by atoms with Gasteiger partial charge in [0.2, 0.25) is 0 Å². The van der Waals surface area contributed by atoms with Crippen LogP contribution < -0.4 is 11.1 Å². The highest BCUT2D eigenvalue weighted by Crippen LogP contribution is 2.19. The zero-order valence-electron chi connectivity index (χ0n) is 5.18. The molecule has 0 aromatic carbocycles. The second-order valence-corrected chi connectivity index (χ2v) is 2.26. The molecule has 0 aromatic heterocycles. The van der Waals surface area contributed by atoms with Crippen molar-refractivity contribution < 1.29 is 4.79 Å². The van der Waals surface area contributed by atoms with Crippen molar-refractivity contribution >= 4 is 5.91 Å². The number of hydrogen-bond donors (Lipinski definition) is 2. The summed E-state index contributed by atoms with van der Waals surface area (Å²) in [7, 11) is 0. The van der Waals surface area contributed by atoms with E-state index in [4.69, 9.17) is 5.73 Å². The Morgan fingerprint density at radius 1 is 1.67 bits per heavy atom. The van der Waals surface area contributed by atoms with E-state index in [2.05, 4.69) is 11.9 Å². The monoisotopic (exact) mass is 126 g/mol. The molecule has 0 atom stereocenters. The van der Waals surface area contributed by atoms with E-state index in [1.165, 1.54) is 0 Å². The average Bonchev–Trinajstić information content (AvgIpc) is 2.50. The molecular weight excluding hydrogens is 116 g/mol. The van der Waals surface area contributed by atoms with E-state index in [9.17, 15) is 4.79 Å². The van der Waals surface area contributed by atoms with Crippen LogP contribution in [-0.4, -0.2) is 11.9 Å². The molecule has 3 nitrogen and oxygen atoms in total. The van der Waals surface area contributed by atoms with Gasteiger partial charge in [0.15, 0.2) is 0 Å². The molecule has 1 aliphatic rings. The van der Waals surface area contributed by atoms with Crippen LogP contribution in [0, 0.1) is 0 Å². The van der Waals surface area contributed by atoms with Gasteiger partial charge in [-0.15, -0.1) is 0 Å². The molecule has 3 N–H and O–H groups in total. The van der Waals surface area contributed by atoms with Crippen LogP contribution in [0.5, 0.6) is 0 Å². The fourth-order valence-electron chi connectivity index (χ4n) is 0.545. The zero-order chi connectivity index (χ0) is 6.85. The molecule has 3 heteroatoms. The summed E-state index contributed by atoms with van der Waals surface area (Å²) in [6.07, 6.45) is 2.26. The maximum absolute atomic E-state index is 10.3. The highest BCUT2D eigenvalue weighted by molar-refractivity contribution is 5.90. The quantitative estimate of drug-likeness (QED) is 0.512. The Kier molecular flexibility index (Phi) is 1.42. The average molecular weight is 126 g/mol. The largest absolute Gasteiger partial charge is 0.378 e. The third-order valence-electron chi connectivity index (χ3n) is 1.25. The van der Waals surface area contributed by atoms with Gasteiger partial charge < -0.3 is 11.1 Å². The summed E-state index contributed by atoms with van der Waals surface area (Å²) in [6.45, 7) is 3.45. The fraction of sp³-hybridized carbons (Fsp3) is 0.500. The first-order valence-corrected chi connectivity index (χ1v) is 2.95. The fourth-order valence-corrected chi connectivity index (χ4v) is 0.545. The third-order valence-corrected chi connectivity index (χ3v) is 1.25. The van der Waals surface area contributed by atoms with Crippen LogP contribution in [0.4, 0.5) is 0 Å². The first-order chi connectivity index (χ1) is 4.20. The summed E-state index contributed by atoms with van der Waals surface area (Å²) in [5, 5.41) is 2.88. The van der Waals surface area contributed by atoms with Crippen LogP contribution in [0.15, 0.2) is 12.3 Å². The van der Waals surface area contributed by atoms with Crippen molar-refractivity contribution in [1.29, 1.82) is 0 Å². The van der Waals surface area contributed by atoms with Gasteiger partial charge in [0.25, 0.3) is 5.91 Å². The topological polar surface area (TPSA) is 55.1 Å². The minimum atomic E-state index is -0.457. The molecule has 1 aliphatic carbocycles. The summed E-state index contributed by atoms with van der Waals surface area (Å²) in [4.78, 5) is 10.3. The SMILES string of the molecule is C=C(NC1CC1)C(N)=O. The van der Waals surface area contributed by atoms with Crippen molar-refractivity contribution in [1.82, 2.24) is 5.32 Å². The molecule has 1 fully saturated rings. The van der Waals surface area contributed by atoms with Gasteiger partial charge in [0, 0.05) is 6.04 Å². The van der Waals surface area contributed by atoms with Crippen LogP contribution in [0.25, 0.3) is 0 Å². The standard InChI is InChI=1S/C6H10N2O/c1-4(6(7)9)8-5-2-3-5/h5,8H,1-3H2,(H2,7,9). The minimum absolute atomic E-state index is 0.331. The smallest absolute Gasteiger partial charge is 0.264 e.